The molecule has 0 spiro atoms. The molecule has 1 aliphatic rings. The van der Waals surface area contributed by atoms with Gasteiger partial charge in [0.25, 0.3) is 10.2 Å². The Balaban J connectivity index is 2.71. The average molecular weight is 304 g/mol. The fourth-order valence-corrected chi connectivity index (χ4v) is 2.39. The van der Waals surface area contributed by atoms with Crippen molar-refractivity contribution in [3.05, 3.63) is 0 Å². The van der Waals surface area contributed by atoms with Crippen molar-refractivity contribution in [2.75, 3.05) is 46.8 Å². The van der Waals surface area contributed by atoms with E-state index in [9.17, 15) is 21.6 Å². The third-order valence-electron chi connectivity index (χ3n) is 2.91. The summed E-state index contributed by atoms with van der Waals surface area (Å²) in [5.41, 5.74) is 0. The van der Waals surface area contributed by atoms with E-state index in [1.54, 1.807) is 0 Å². The normalized spacial score (nSPS) is 20.7. The number of rotatable bonds is 5. The van der Waals surface area contributed by atoms with Crippen LogP contribution in [-0.4, -0.2) is 76.7 Å². The molecular weight excluding hydrogens is 285 g/mol. The van der Waals surface area contributed by atoms with Crippen LogP contribution < -0.4 is 10.0 Å². The van der Waals surface area contributed by atoms with Crippen LogP contribution in [0.4, 0.5) is 13.2 Å². The average Bonchev–Trinajstić information content (AvgIpc) is 2.28. The molecule has 0 radical (unpaired) electrons. The minimum absolute atomic E-state index is 0.244. The highest BCUT2D eigenvalue weighted by Crippen LogP contribution is 2.24. The molecule has 10 heteroatoms. The molecule has 0 aliphatic carbocycles. The van der Waals surface area contributed by atoms with Gasteiger partial charge in [0.1, 0.15) is 6.04 Å². The summed E-state index contributed by atoms with van der Waals surface area (Å²) >= 11 is 0. The molecule has 0 amide bonds. The molecule has 0 aromatic rings. The van der Waals surface area contributed by atoms with Crippen molar-refractivity contribution in [3.8, 4) is 0 Å². The molecular formula is C9H19F3N4O2S. The molecule has 1 atom stereocenters. The van der Waals surface area contributed by atoms with E-state index < -0.39 is 29.0 Å². The zero-order valence-corrected chi connectivity index (χ0v) is 11.7. The van der Waals surface area contributed by atoms with Crippen LogP contribution in [0.1, 0.15) is 0 Å². The van der Waals surface area contributed by atoms with Crippen molar-refractivity contribution >= 4 is 10.2 Å². The smallest absolute Gasteiger partial charge is 0.314 e. The fraction of sp³-hybridized carbons (Fsp3) is 1.00. The molecule has 0 saturated carbocycles. The van der Waals surface area contributed by atoms with Crippen LogP contribution in [0.2, 0.25) is 0 Å². The maximum Gasteiger partial charge on any atom is 0.405 e. The number of nitrogens with zero attached hydrogens (tertiary/aromatic N) is 2. The Labute approximate surface area is 111 Å². The predicted octanol–water partition coefficient (Wildman–Crippen LogP) is -0.781. The van der Waals surface area contributed by atoms with E-state index >= 15 is 0 Å². The Bertz CT molecular complexity index is 379. The highest BCUT2D eigenvalue weighted by molar-refractivity contribution is 7.87. The summed E-state index contributed by atoms with van der Waals surface area (Å²) in [4.78, 5) is 1.24. The maximum atomic E-state index is 13.0. The molecule has 1 rings (SSSR count). The summed E-state index contributed by atoms with van der Waals surface area (Å²) in [5.74, 6) is 0. The Morgan fingerprint density at radius 3 is 2.26 bits per heavy atom. The third kappa shape index (κ3) is 4.88. The van der Waals surface area contributed by atoms with Crippen LogP contribution in [0, 0.1) is 0 Å². The van der Waals surface area contributed by atoms with Gasteiger partial charge in [0, 0.05) is 46.8 Å². The standard InChI is InChI=1S/C9H19F3N4O2S/c1-15(2)19(17,18)14-7-8(9(10,11)12)16-5-3-13-4-6-16/h8,13-14H,3-7H2,1-2H3. The number of halogens is 3. The van der Waals surface area contributed by atoms with Crippen LogP contribution in [0.3, 0.4) is 0 Å². The van der Waals surface area contributed by atoms with Crippen molar-refractivity contribution in [1.29, 1.82) is 0 Å². The highest BCUT2D eigenvalue weighted by Gasteiger charge is 2.44. The molecule has 1 fully saturated rings. The second-order valence-corrected chi connectivity index (χ2v) is 6.45. The van der Waals surface area contributed by atoms with Crippen molar-refractivity contribution < 1.29 is 21.6 Å². The second kappa shape index (κ2) is 6.35. The first-order valence-corrected chi connectivity index (χ1v) is 7.27. The van der Waals surface area contributed by atoms with E-state index in [-0.39, 0.29) is 13.1 Å². The zero-order chi connectivity index (χ0) is 14.7. The minimum atomic E-state index is -4.47. The van der Waals surface area contributed by atoms with E-state index in [2.05, 4.69) is 5.32 Å². The lowest BCUT2D eigenvalue weighted by Gasteiger charge is -2.36. The van der Waals surface area contributed by atoms with Gasteiger partial charge in [-0.15, -0.1) is 0 Å². The van der Waals surface area contributed by atoms with E-state index in [0.29, 0.717) is 13.1 Å². The molecule has 114 valence electrons. The lowest BCUT2D eigenvalue weighted by Crippen LogP contribution is -2.58. The number of alkyl halides is 3. The zero-order valence-electron chi connectivity index (χ0n) is 10.9. The molecule has 0 aromatic carbocycles. The number of nitrogens with one attached hydrogen (secondary N) is 2. The van der Waals surface area contributed by atoms with Crippen molar-refractivity contribution in [3.63, 3.8) is 0 Å². The summed E-state index contributed by atoms with van der Waals surface area (Å²) in [6.07, 6.45) is -4.47. The fourth-order valence-electron chi connectivity index (χ4n) is 1.76. The maximum absolute atomic E-state index is 13.0. The van der Waals surface area contributed by atoms with Gasteiger partial charge in [0.15, 0.2) is 0 Å². The van der Waals surface area contributed by atoms with Gasteiger partial charge in [-0.3, -0.25) is 4.90 Å². The molecule has 1 aliphatic heterocycles. The molecule has 0 bridgehead atoms. The highest BCUT2D eigenvalue weighted by atomic mass is 32.2. The minimum Gasteiger partial charge on any atom is -0.314 e. The first-order valence-electron chi connectivity index (χ1n) is 5.83. The van der Waals surface area contributed by atoms with Gasteiger partial charge in [-0.05, 0) is 0 Å². The van der Waals surface area contributed by atoms with E-state index in [1.807, 2.05) is 4.72 Å². The van der Waals surface area contributed by atoms with Crippen LogP contribution in [0.5, 0.6) is 0 Å². The van der Waals surface area contributed by atoms with Crippen LogP contribution in [0.25, 0.3) is 0 Å². The Hall–Kier alpha value is -0.420. The summed E-state index contributed by atoms with van der Waals surface area (Å²) in [5, 5.41) is 2.96. The lowest BCUT2D eigenvalue weighted by atomic mass is 10.2. The van der Waals surface area contributed by atoms with Gasteiger partial charge in [-0.2, -0.15) is 25.9 Å². The molecule has 6 nitrogen and oxygen atoms in total. The summed E-state index contributed by atoms with van der Waals surface area (Å²) in [7, 11) is -1.33. The van der Waals surface area contributed by atoms with Crippen molar-refractivity contribution in [2.24, 2.45) is 0 Å². The summed E-state index contributed by atoms with van der Waals surface area (Å²) in [6.45, 7) is 0.742. The molecule has 1 saturated heterocycles. The largest absolute Gasteiger partial charge is 0.405 e. The Kier molecular flexibility index (Phi) is 5.56. The SMILES string of the molecule is CN(C)S(=O)(=O)NCC(N1CCNCC1)C(F)(F)F. The van der Waals surface area contributed by atoms with Crippen LogP contribution in [0.15, 0.2) is 0 Å². The molecule has 1 heterocycles. The van der Waals surface area contributed by atoms with Crippen LogP contribution >= 0.6 is 0 Å². The molecule has 19 heavy (non-hydrogen) atoms. The van der Waals surface area contributed by atoms with E-state index in [1.165, 1.54) is 19.0 Å². The number of piperazine rings is 1. The second-order valence-electron chi connectivity index (χ2n) is 4.48. The summed E-state index contributed by atoms with van der Waals surface area (Å²) in [6, 6.07) is -1.80. The van der Waals surface area contributed by atoms with E-state index in [4.69, 9.17) is 0 Å². The molecule has 2 N–H and O–H groups in total. The predicted molar refractivity (Wildman–Crippen MR) is 64.9 cm³/mol. The van der Waals surface area contributed by atoms with Gasteiger partial charge >= 0.3 is 6.18 Å². The number of hydrogen-bond donors (Lipinski definition) is 2. The summed E-state index contributed by atoms with van der Waals surface area (Å²) < 4.78 is 64.7. The first-order chi connectivity index (χ1) is 8.64. The topological polar surface area (TPSA) is 64.7 Å². The lowest BCUT2D eigenvalue weighted by molar-refractivity contribution is -0.182. The van der Waals surface area contributed by atoms with Crippen LogP contribution in [-0.2, 0) is 10.2 Å². The number of hydrogen-bond acceptors (Lipinski definition) is 4. The molecule has 0 aromatic heterocycles. The van der Waals surface area contributed by atoms with Gasteiger partial charge in [-0.25, -0.2) is 4.72 Å². The van der Waals surface area contributed by atoms with E-state index in [0.717, 1.165) is 4.31 Å². The third-order valence-corrected chi connectivity index (χ3v) is 4.40. The molecule has 1 unspecified atom stereocenters. The van der Waals surface area contributed by atoms with Crippen molar-refractivity contribution in [1.82, 2.24) is 19.2 Å². The van der Waals surface area contributed by atoms with Gasteiger partial charge in [-0.1, -0.05) is 0 Å². The van der Waals surface area contributed by atoms with Gasteiger partial charge in [0.05, 0.1) is 0 Å². The van der Waals surface area contributed by atoms with Gasteiger partial charge in [0.2, 0.25) is 0 Å². The first kappa shape index (κ1) is 16.6. The Morgan fingerprint density at radius 2 is 1.84 bits per heavy atom. The quantitative estimate of drug-likeness (QED) is 0.699. The monoisotopic (exact) mass is 304 g/mol. The van der Waals surface area contributed by atoms with Crippen molar-refractivity contribution in [2.45, 2.75) is 12.2 Å². The Morgan fingerprint density at radius 1 is 1.32 bits per heavy atom. The van der Waals surface area contributed by atoms with Gasteiger partial charge < -0.3 is 5.32 Å².